The molecule has 0 N–H and O–H groups in total. The van der Waals surface area contributed by atoms with Crippen molar-refractivity contribution in [1.82, 2.24) is 0 Å². The van der Waals surface area contributed by atoms with E-state index in [4.69, 9.17) is 0 Å². The predicted molar refractivity (Wildman–Crippen MR) is 110 cm³/mol. The molecular formula is C25H39F. The fraction of sp³-hybridized carbons (Fsp3) is 0.760. The molecule has 0 heterocycles. The lowest BCUT2D eigenvalue weighted by Crippen LogP contribution is -2.18. The monoisotopic (exact) mass is 358 g/mol. The van der Waals surface area contributed by atoms with Crippen molar-refractivity contribution in [3.8, 4) is 0 Å². The third-order valence-corrected chi connectivity index (χ3v) is 7.16. The molecule has 0 nitrogen and oxygen atoms in total. The van der Waals surface area contributed by atoms with Crippen molar-refractivity contribution in [1.29, 1.82) is 0 Å². The molecule has 26 heavy (non-hydrogen) atoms. The van der Waals surface area contributed by atoms with E-state index in [1.165, 1.54) is 101 Å². The van der Waals surface area contributed by atoms with Crippen molar-refractivity contribution >= 4 is 0 Å². The minimum absolute atomic E-state index is 0.0654. The van der Waals surface area contributed by atoms with Gasteiger partial charge in [0.2, 0.25) is 0 Å². The van der Waals surface area contributed by atoms with Gasteiger partial charge in [-0.05, 0) is 66.7 Å². The Kier molecular flexibility index (Phi) is 8.02. The van der Waals surface area contributed by atoms with Crippen LogP contribution in [0.25, 0.3) is 0 Å². The van der Waals surface area contributed by atoms with Crippen LogP contribution in [0.5, 0.6) is 0 Å². The molecule has 1 aromatic rings. The van der Waals surface area contributed by atoms with Gasteiger partial charge in [-0.2, -0.15) is 0 Å². The summed E-state index contributed by atoms with van der Waals surface area (Å²) in [5, 5.41) is 0. The molecule has 3 rings (SSSR count). The van der Waals surface area contributed by atoms with Gasteiger partial charge in [0.1, 0.15) is 5.82 Å². The van der Waals surface area contributed by atoms with E-state index < -0.39 is 0 Å². The number of unbranched alkanes of at least 4 members (excludes halogenated alkanes) is 4. The maximum absolute atomic E-state index is 13.3. The van der Waals surface area contributed by atoms with E-state index in [9.17, 15) is 4.39 Å². The first-order valence-corrected chi connectivity index (χ1v) is 11.5. The zero-order valence-electron chi connectivity index (χ0n) is 16.9. The average molecular weight is 359 g/mol. The van der Waals surface area contributed by atoms with Crippen LogP contribution in [0.4, 0.5) is 4.39 Å². The fourth-order valence-electron chi connectivity index (χ4n) is 5.36. The molecule has 146 valence electrons. The predicted octanol–water partition coefficient (Wildman–Crippen LogP) is 7.88. The molecule has 0 amide bonds. The molecule has 0 radical (unpaired) electrons. The molecule has 1 aromatic carbocycles. The normalized spacial score (nSPS) is 25.8. The summed E-state index contributed by atoms with van der Waals surface area (Å²) in [6.45, 7) is 2.30. The van der Waals surface area contributed by atoms with Crippen LogP contribution in [-0.4, -0.2) is 0 Å². The number of rotatable bonds is 9. The second-order valence-electron chi connectivity index (χ2n) is 9.19. The van der Waals surface area contributed by atoms with Gasteiger partial charge in [-0.3, -0.25) is 0 Å². The molecular weight excluding hydrogens is 319 g/mol. The lowest BCUT2D eigenvalue weighted by molar-refractivity contribution is 0.233. The summed E-state index contributed by atoms with van der Waals surface area (Å²) in [5.74, 6) is 2.79. The molecule has 0 aromatic heterocycles. The van der Waals surface area contributed by atoms with Crippen molar-refractivity contribution < 1.29 is 4.39 Å². The van der Waals surface area contributed by atoms with Gasteiger partial charge in [-0.25, -0.2) is 4.39 Å². The van der Waals surface area contributed by atoms with Crippen LogP contribution in [0.1, 0.15) is 102 Å². The zero-order chi connectivity index (χ0) is 18.2. The summed E-state index contributed by atoms with van der Waals surface area (Å²) in [4.78, 5) is 0. The number of fused-ring (bicyclic) bond motifs is 1. The van der Waals surface area contributed by atoms with Crippen molar-refractivity contribution in [2.75, 3.05) is 0 Å². The molecule has 2 aliphatic carbocycles. The minimum atomic E-state index is -0.0654. The van der Waals surface area contributed by atoms with Gasteiger partial charge >= 0.3 is 0 Å². The third kappa shape index (κ3) is 6.10. The summed E-state index contributed by atoms with van der Waals surface area (Å²) in [6, 6.07) is 5.43. The summed E-state index contributed by atoms with van der Waals surface area (Å²) in [5.41, 5.74) is 2.68. The Bertz CT molecular complexity index is 527. The van der Waals surface area contributed by atoms with Gasteiger partial charge in [0, 0.05) is 0 Å². The van der Waals surface area contributed by atoms with Crippen LogP contribution in [-0.2, 0) is 12.8 Å². The first-order chi connectivity index (χ1) is 12.7. The Labute approximate surface area is 161 Å². The Morgan fingerprint density at radius 3 is 2.23 bits per heavy atom. The van der Waals surface area contributed by atoms with Crippen LogP contribution < -0.4 is 0 Å². The maximum atomic E-state index is 13.3. The second-order valence-corrected chi connectivity index (χ2v) is 9.19. The van der Waals surface area contributed by atoms with E-state index in [0.717, 1.165) is 24.2 Å². The lowest BCUT2D eigenvalue weighted by Gasteiger charge is -2.31. The molecule has 1 unspecified atom stereocenters. The van der Waals surface area contributed by atoms with Crippen LogP contribution in [0.2, 0.25) is 0 Å². The second kappa shape index (κ2) is 10.5. The van der Waals surface area contributed by atoms with Crippen LogP contribution in [0.3, 0.4) is 0 Å². The molecule has 0 spiro atoms. The Hall–Kier alpha value is -0.850. The number of hydrogen-bond acceptors (Lipinski definition) is 0. The summed E-state index contributed by atoms with van der Waals surface area (Å²) in [6.07, 6.45) is 21.0. The number of aryl methyl sites for hydroxylation is 1. The van der Waals surface area contributed by atoms with Crippen LogP contribution in [0.15, 0.2) is 18.2 Å². The maximum Gasteiger partial charge on any atom is 0.123 e. The first kappa shape index (κ1) is 19.9. The van der Waals surface area contributed by atoms with Crippen LogP contribution >= 0.6 is 0 Å². The van der Waals surface area contributed by atoms with E-state index >= 15 is 0 Å². The molecule has 1 heteroatoms. The summed E-state index contributed by atoms with van der Waals surface area (Å²) >= 11 is 0. The summed E-state index contributed by atoms with van der Waals surface area (Å²) < 4.78 is 13.3. The van der Waals surface area contributed by atoms with Gasteiger partial charge in [0.15, 0.2) is 0 Å². The van der Waals surface area contributed by atoms with E-state index in [1.54, 1.807) is 12.1 Å². The Morgan fingerprint density at radius 1 is 0.769 bits per heavy atom. The van der Waals surface area contributed by atoms with Crippen molar-refractivity contribution in [3.05, 3.63) is 35.1 Å². The highest BCUT2D eigenvalue weighted by molar-refractivity contribution is 5.30. The van der Waals surface area contributed by atoms with Gasteiger partial charge in [-0.1, -0.05) is 83.6 Å². The molecule has 0 saturated heterocycles. The zero-order valence-corrected chi connectivity index (χ0v) is 16.9. The van der Waals surface area contributed by atoms with Gasteiger partial charge in [0.25, 0.3) is 0 Å². The highest BCUT2D eigenvalue weighted by Gasteiger charge is 2.23. The molecule has 2 aliphatic rings. The number of benzene rings is 1. The molecule has 1 saturated carbocycles. The highest BCUT2D eigenvalue weighted by atomic mass is 19.1. The van der Waals surface area contributed by atoms with Crippen LogP contribution in [0, 0.1) is 23.6 Å². The molecule has 0 aliphatic heterocycles. The Balaban J connectivity index is 1.30. The topological polar surface area (TPSA) is 0 Å². The smallest absolute Gasteiger partial charge is 0.123 e. The van der Waals surface area contributed by atoms with E-state index in [2.05, 4.69) is 6.92 Å². The highest BCUT2D eigenvalue weighted by Crippen LogP contribution is 2.36. The largest absolute Gasteiger partial charge is 0.207 e. The van der Waals surface area contributed by atoms with Gasteiger partial charge in [0.05, 0.1) is 0 Å². The third-order valence-electron chi connectivity index (χ3n) is 7.16. The SMILES string of the molecule is CCCCCCCC1CCC(CCC2CCc3cc(F)ccc3C2)CC1. The van der Waals surface area contributed by atoms with E-state index in [0.29, 0.717) is 0 Å². The minimum Gasteiger partial charge on any atom is -0.207 e. The standard InChI is InChI=1S/C25H39F/c1-2-3-4-5-6-7-20-8-10-21(11-9-20)12-13-22-14-15-24-19-25(26)17-16-23(24)18-22/h16-17,19-22H,2-15,18H2,1H3. The van der Waals surface area contributed by atoms with E-state index in [1.807, 2.05) is 6.07 Å². The number of hydrogen-bond donors (Lipinski definition) is 0. The lowest BCUT2D eigenvalue weighted by atomic mass is 9.75. The van der Waals surface area contributed by atoms with E-state index in [-0.39, 0.29) is 5.82 Å². The molecule has 1 fully saturated rings. The van der Waals surface area contributed by atoms with Crippen molar-refractivity contribution in [3.63, 3.8) is 0 Å². The first-order valence-electron chi connectivity index (χ1n) is 11.5. The fourth-order valence-corrected chi connectivity index (χ4v) is 5.36. The van der Waals surface area contributed by atoms with Gasteiger partial charge < -0.3 is 0 Å². The molecule has 0 bridgehead atoms. The average Bonchev–Trinajstić information content (AvgIpc) is 2.67. The van der Waals surface area contributed by atoms with Gasteiger partial charge in [-0.15, -0.1) is 0 Å². The quantitative estimate of drug-likeness (QED) is 0.394. The molecule has 1 atom stereocenters. The Morgan fingerprint density at radius 2 is 1.46 bits per heavy atom. The number of halogens is 1. The van der Waals surface area contributed by atoms with Crippen molar-refractivity contribution in [2.24, 2.45) is 17.8 Å². The van der Waals surface area contributed by atoms with Crippen molar-refractivity contribution in [2.45, 2.75) is 103 Å². The summed E-state index contributed by atoms with van der Waals surface area (Å²) in [7, 11) is 0.